The second-order valence-corrected chi connectivity index (χ2v) is 3.76. The lowest BCUT2D eigenvalue weighted by molar-refractivity contribution is 0.623. The number of aryl methyl sites for hydroxylation is 2. The largest absolute Gasteiger partial charge is 0.330 e. The van der Waals surface area contributed by atoms with Gasteiger partial charge in [-0.15, -0.1) is 0 Å². The molecule has 78 valence electrons. The second-order valence-electron chi connectivity index (χ2n) is 3.76. The van der Waals surface area contributed by atoms with Gasteiger partial charge in [0.2, 0.25) is 0 Å². The van der Waals surface area contributed by atoms with Crippen molar-refractivity contribution < 1.29 is 4.39 Å². The number of benzene rings is 1. The van der Waals surface area contributed by atoms with Crippen LogP contribution in [0.4, 0.5) is 4.39 Å². The molecule has 0 spiro atoms. The molecule has 1 aromatic carbocycles. The molecular formula is C12H18FN. The smallest absolute Gasteiger partial charge is 0.123 e. The van der Waals surface area contributed by atoms with Gasteiger partial charge in [-0.3, -0.25) is 0 Å². The topological polar surface area (TPSA) is 26.0 Å². The van der Waals surface area contributed by atoms with Crippen LogP contribution in [0.25, 0.3) is 0 Å². The van der Waals surface area contributed by atoms with Crippen LogP contribution >= 0.6 is 0 Å². The molecule has 0 aliphatic heterocycles. The van der Waals surface area contributed by atoms with Crippen LogP contribution in [0.1, 0.15) is 29.5 Å². The number of nitrogens with two attached hydrogens (primary N) is 1. The quantitative estimate of drug-likeness (QED) is 0.734. The fourth-order valence-electron chi connectivity index (χ4n) is 1.78. The average molecular weight is 195 g/mol. The van der Waals surface area contributed by atoms with Crippen molar-refractivity contribution in [1.82, 2.24) is 0 Å². The van der Waals surface area contributed by atoms with Gasteiger partial charge in [0.1, 0.15) is 5.82 Å². The molecule has 0 saturated heterocycles. The van der Waals surface area contributed by atoms with Gasteiger partial charge in [0.15, 0.2) is 0 Å². The fraction of sp³-hybridized carbons (Fsp3) is 0.500. The fourth-order valence-corrected chi connectivity index (χ4v) is 1.78. The number of hydrogen-bond donors (Lipinski definition) is 1. The average Bonchev–Trinajstić information content (AvgIpc) is 2.09. The maximum absolute atomic E-state index is 13.0. The Labute approximate surface area is 85.1 Å². The summed E-state index contributed by atoms with van der Waals surface area (Å²) in [6.07, 6.45) is 3.13. The van der Waals surface area contributed by atoms with Gasteiger partial charge in [-0.25, -0.2) is 4.39 Å². The van der Waals surface area contributed by atoms with E-state index in [2.05, 4.69) is 0 Å². The first-order valence-corrected chi connectivity index (χ1v) is 5.11. The van der Waals surface area contributed by atoms with Crippen molar-refractivity contribution in [2.24, 2.45) is 5.73 Å². The SMILES string of the molecule is Cc1cc(F)cc(C)c1CCCCN. The van der Waals surface area contributed by atoms with Gasteiger partial charge in [-0.05, 0) is 68.5 Å². The molecule has 0 radical (unpaired) electrons. The summed E-state index contributed by atoms with van der Waals surface area (Å²) in [6.45, 7) is 4.67. The molecule has 2 N–H and O–H groups in total. The highest BCUT2D eigenvalue weighted by Crippen LogP contribution is 2.17. The second kappa shape index (κ2) is 5.11. The summed E-state index contributed by atoms with van der Waals surface area (Å²) in [6, 6.07) is 3.20. The molecular weight excluding hydrogens is 177 g/mol. The van der Waals surface area contributed by atoms with Crippen LogP contribution in [-0.2, 0) is 6.42 Å². The Kier molecular flexibility index (Phi) is 4.08. The third kappa shape index (κ3) is 2.81. The lowest BCUT2D eigenvalue weighted by Gasteiger charge is -2.09. The van der Waals surface area contributed by atoms with Crippen molar-refractivity contribution in [1.29, 1.82) is 0 Å². The van der Waals surface area contributed by atoms with Crippen LogP contribution in [0.15, 0.2) is 12.1 Å². The Bertz CT molecular complexity index is 284. The maximum atomic E-state index is 13.0. The Morgan fingerprint density at radius 1 is 1.14 bits per heavy atom. The van der Waals surface area contributed by atoms with E-state index in [-0.39, 0.29) is 5.82 Å². The van der Waals surface area contributed by atoms with Gasteiger partial charge in [0.25, 0.3) is 0 Å². The molecule has 0 aliphatic carbocycles. The van der Waals surface area contributed by atoms with E-state index in [0.717, 1.165) is 36.9 Å². The van der Waals surface area contributed by atoms with Gasteiger partial charge in [-0.1, -0.05) is 0 Å². The molecule has 0 fully saturated rings. The molecule has 14 heavy (non-hydrogen) atoms. The minimum absolute atomic E-state index is 0.137. The highest BCUT2D eigenvalue weighted by Gasteiger charge is 2.04. The summed E-state index contributed by atoms with van der Waals surface area (Å²) in [5, 5.41) is 0. The van der Waals surface area contributed by atoms with Crippen molar-refractivity contribution in [2.75, 3.05) is 6.54 Å². The number of hydrogen-bond acceptors (Lipinski definition) is 1. The van der Waals surface area contributed by atoms with Crippen LogP contribution in [0.3, 0.4) is 0 Å². The molecule has 1 aromatic rings. The molecule has 1 rings (SSSR count). The third-order valence-electron chi connectivity index (χ3n) is 2.54. The predicted molar refractivity (Wildman–Crippen MR) is 57.9 cm³/mol. The van der Waals surface area contributed by atoms with E-state index >= 15 is 0 Å². The molecule has 2 heteroatoms. The zero-order chi connectivity index (χ0) is 10.6. The zero-order valence-corrected chi connectivity index (χ0v) is 8.94. The van der Waals surface area contributed by atoms with Crippen LogP contribution in [0.5, 0.6) is 0 Å². The van der Waals surface area contributed by atoms with E-state index < -0.39 is 0 Å². The van der Waals surface area contributed by atoms with Crippen molar-refractivity contribution in [3.8, 4) is 0 Å². The van der Waals surface area contributed by atoms with E-state index in [1.807, 2.05) is 13.8 Å². The molecule has 0 heterocycles. The van der Waals surface area contributed by atoms with Crippen LogP contribution < -0.4 is 5.73 Å². The van der Waals surface area contributed by atoms with Crippen molar-refractivity contribution in [3.05, 3.63) is 34.6 Å². The zero-order valence-electron chi connectivity index (χ0n) is 8.94. The van der Waals surface area contributed by atoms with Crippen LogP contribution in [0, 0.1) is 19.7 Å². The lowest BCUT2D eigenvalue weighted by atomic mass is 9.98. The predicted octanol–water partition coefficient (Wildman–Crippen LogP) is 2.72. The first-order valence-electron chi connectivity index (χ1n) is 5.11. The van der Waals surface area contributed by atoms with Gasteiger partial charge in [-0.2, -0.15) is 0 Å². The lowest BCUT2D eigenvalue weighted by Crippen LogP contribution is -2.01. The summed E-state index contributed by atoms with van der Waals surface area (Å²) in [5.41, 5.74) is 8.82. The molecule has 0 atom stereocenters. The molecule has 0 unspecified atom stereocenters. The van der Waals surface area contributed by atoms with Crippen LogP contribution in [0.2, 0.25) is 0 Å². The van der Waals surface area contributed by atoms with Gasteiger partial charge in [0.05, 0.1) is 0 Å². The minimum atomic E-state index is -0.137. The Balaban J connectivity index is 2.75. The van der Waals surface area contributed by atoms with E-state index in [4.69, 9.17) is 5.73 Å². The van der Waals surface area contributed by atoms with Crippen LogP contribution in [-0.4, -0.2) is 6.54 Å². The van der Waals surface area contributed by atoms with Gasteiger partial charge >= 0.3 is 0 Å². The highest BCUT2D eigenvalue weighted by molar-refractivity contribution is 5.34. The first kappa shape index (κ1) is 11.2. The molecule has 1 nitrogen and oxygen atoms in total. The Morgan fingerprint density at radius 3 is 2.21 bits per heavy atom. The van der Waals surface area contributed by atoms with Crippen molar-refractivity contribution in [3.63, 3.8) is 0 Å². The normalized spacial score (nSPS) is 10.6. The standard InChI is InChI=1S/C12H18FN/c1-9-7-11(13)8-10(2)12(9)5-3-4-6-14/h7-8H,3-6,14H2,1-2H3. The summed E-state index contributed by atoms with van der Waals surface area (Å²) < 4.78 is 13.0. The Morgan fingerprint density at radius 2 is 1.71 bits per heavy atom. The summed E-state index contributed by atoms with van der Waals surface area (Å²) in [7, 11) is 0. The molecule has 0 amide bonds. The van der Waals surface area contributed by atoms with E-state index in [9.17, 15) is 4.39 Å². The van der Waals surface area contributed by atoms with Crippen molar-refractivity contribution in [2.45, 2.75) is 33.1 Å². The minimum Gasteiger partial charge on any atom is -0.330 e. The molecule has 0 aliphatic rings. The van der Waals surface area contributed by atoms with Gasteiger partial charge in [0, 0.05) is 0 Å². The number of rotatable bonds is 4. The molecule has 0 aromatic heterocycles. The van der Waals surface area contributed by atoms with Crippen molar-refractivity contribution >= 4 is 0 Å². The van der Waals surface area contributed by atoms with E-state index in [0.29, 0.717) is 0 Å². The number of unbranched alkanes of at least 4 members (excludes halogenated alkanes) is 1. The molecule has 0 bridgehead atoms. The monoisotopic (exact) mass is 195 g/mol. The maximum Gasteiger partial charge on any atom is 0.123 e. The van der Waals surface area contributed by atoms with E-state index in [1.54, 1.807) is 12.1 Å². The summed E-state index contributed by atoms with van der Waals surface area (Å²) in [5.74, 6) is -0.137. The third-order valence-corrected chi connectivity index (χ3v) is 2.54. The summed E-state index contributed by atoms with van der Waals surface area (Å²) >= 11 is 0. The van der Waals surface area contributed by atoms with Gasteiger partial charge < -0.3 is 5.73 Å². The highest BCUT2D eigenvalue weighted by atomic mass is 19.1. The summed E-state index contributed by atoms with van der Waals surface area (Å²) in [4.78, 5) is 0. The number of halogens is 1. The van der Waals surface area contributed by atoms with E-state index in [1.165, 1.54) is 5.56 Å². The first-order chi connectivity index (χ1) is 6.65. The Hall–Kier alpha value is -0.890. The molecule has 0 saturated carbocycles.